The molecule has 1 amide bonds. The molecule has 1 saturated heterocycles. The first kappa shape index (κ1) is 22.0. The van der Waals surface area contributed by atoms with E-state index in [4.69, 9.17) is 32.9 Å². The molecule has 1 aliphatic rings. The number of halogens is 2. The van der Waals surface area contributed by atoms with Crippen molar-refractivity contribution in [2.45, 2.75) is 20.3 Å². The number of ether oxygens (including phenoxy) is 1. The van der Waals surface area contributed by atoms with E-state index in [1.165, 1.54) is 28.2 Å². The Labute approximate surface area is 194 Å². The fraction of sp³-hybridized carbons (Fsp3) is 0.429. The molecule has 0 radical (unpaired) electrons. The van der Waals surface area contributed by atoms with Crippen molar-refractivity contribution in [2.75, 3.05) is 44.3 Å². The third kappa shape index (κ3) is 4.66. The molecule has 0 N–H and O–H groups in total. The van der Waals surface area contributed by atoms with Gasteiger partial charge < -0.3 is 4.74 Å². The summed E-state index contributed by atoms with van der Waals surface area (Å²) in [6, 6.07) is 5.82. The van der Waals surface area contributed by atoms with Crippen LogP contribution >= 0.6 is 45.9 Å². The number of rotatable bonds is 6. The van der Waals surface area contributed by atoms with E-state index in [-0.39, 0.29) is 5.91 Å². The molecule has 1 aromatic carbocycles. The van der Waals surface area contributed by atoms with E-state index in [1.54, 1.807) is 11.0 Å². The molecule has 30 heavy (non-hydrogen) atoms. The summed E-state index contributed by atoms with van der Waals surface area (Å²) in [4.78, 5) is 22.4. The van der Waals surface area contributed by atoms with Gasteiger partial charge in [0.15, 0.2) is 5.13 Å². The maximum Gasteiger partial charge on any atom is 0.262 e. The van der Waals surface area contributed by atoms with Crippen molar-refractivity contribution in [3.05, 3.63) is 43.6 Å². The molecule has 0 bridgehead atoms. The van der Waals surface area contributed by atoms with Gasteiger partial charge in [-0.1, -0.05) is 40.6 Å². The van der Waals surface area contributed by atoms with Crippen LogP contribution in [0.5, 0.6) is 0 Å². The van der Waals surface area contributed by atoms with Gasteiger partial charge >= 0.3 is 0 Å². The highest BCUT2D eigenvalue weighted by molar-refractivity contribution is 7.22. The molecule has 4 rings (SSSR count). The standard InChI is InChI=1S/C21H23Cl2N3O2S2/c1-13-4-5-16-18(14(13)2)24-21(29-16)26(7-3-6-25-8-10-28-11-9-25)20(27)15-12-17(22)30-19(15)23/h4-5,12H,3,6-11H2,1-2H3. The fourth-order valence-corrected chi connectivity index (χ4v) is 6.02. The van der Waals surface area contributed by atoms with Gasteiger partial charge in [-0.25, -0.2) is 4.98 Å². The van der Waals surface area contributed by atoms with Crippen molar-refractivity contribution >= 4 is 67.1 Å². The number of nitrogens with zero attached hydrogens (tertiary/aromatic N) is 3. The van der Waals surface area contributed by atoms with E-state index in [0.717, 1.165) is 55.0 Å². The molecule has 0 spiro atoms. The number of thiophene rings is 1. The summed E-state index contributed by atoms with van der Waals surface area (Å²) in [5.74, 6) is -0.154. The molecule has 160 valence electrons. The molecule has 0 aliphatic carbocycles. The van der Waals surface area contributed by atoms with E-state index in [0.29, 0.717) is 25.9 Å². The number of carbonyl (C=O) groups excluding carboxylic acids is 1. The summed E-state index contributed by atoms with van der Waals surface area (Å²) in [6.07, 6.45) is 0.842. The second-order valence-corrected chi connectivity index (χ2v) is 10.6. The second kappa shape index (κ2) is 9.51. The van der Waals surface area contributed by atoms with E-state index in [9.17, 15) is 4.79 Å². The molecule has 2 aromatic heterocycles. The Balaban J connectivity index is 1.61. The number of aryl methyl sites for hydroxylation is 2. The largest absolute Gasteiger partial charge is 0.379 e. The average Bonchev–Trinajstić information content (AvgIpc) is 3.31. The number of anilines is 1. The summed E-state index contributed by atoms with van der Waals surface area (Å²) in [5, 5.41) is 0.698. The number of hydrogen-bond acceptors (Lipinski definition) is 6. The molecular weight excluding hydrogens is 461 g/mol. The molecule has 1 aliphatic heterocycles. The number of fused-ring (bicyclic) bond motifs is 1. The Hall–Kier alpha value is -1.22. The molecule has 9 heteroatoms. The van der Waals surface area contributed by atoms with Gasteiger partial charge in [-0.05, 0) is 43.5 Å². The minimum atomic E-state index is -0.154. The van der Waals surface area contributed by atoms with Crippen LogP contribution in [0.1, 0.15) is 27.9 Å². The molecule has 0 atom stereocenters. The van der Waals surface area contributed by atoms with Gasteiger partial charge in [0.1, 0.15) is 4.34 Å². The molecule has 1 fully saturated rings. The monoisotopic (exact) mass is 483 g/mol. The summed E-state index contributed by atoms with van der Waals surface area (Å²) in [5.41, 5.74) is 3.73. The zero-order chi connectivity index (χ0) is 21.3. The van der Waals surface area contributed by atoms with Crippen LogP contribution in [0.25, 0.3) is 10.2 Å². The maximum absolute atomic E-state index is 13.4. The third-order valence-corrected chi connectivity index (χ3v) is 7.93. The minimum absolute atomic E-state index is 0.154. The third-order valence-electron chi connectivity index (χ3n) is 5.40. The highest BCUT2D eigenvalue weighted by Gasteiger charge is 2.25. The van der Waals surface area contributed by atoms with Gasteiger partial charge in [0, 0.05) is 26.2 Å². The molecule has 3 aromatic rings. The van der Waals surface area contributed by atoms with E-state index >= 15 is 0 Å². The Morgan fingerprint density at radius 1 is 1.23 bits per heavy atom. The Bertz CT molecular complexity index is 1060. The van der Waals surface area contributed by atoms with Crippen LogP contribution in [0.15, 0.2) is 18.2 Å². The Morgan fingerprint density at radius 2 is 2.00 bits per heavy atom. The van der Waals surface area contributed by atoms with Crippen LogP contribution in [0.4, 0.5) is 5.13 Å². The lowest BCUT2D eigenvalue weighted by Gasteiger charge is -2.27. The number of morpholine rings is 1. The van der Waals surface area contributed by atoms with Gasteiger partial charge in [0.25, 0.3) is 5.91 Å². The first-order valence-corrected chi connectivity index (χ1v) is 12.3. The van der Waals surface area contributed by atoms with Crippen molar-refractivity contribution in [3.8, 4) is 0 Å². The van der Waals surface area contributed by atoms with Gasteiger partial charge in [-0.3, -0.25) is 14.6 Å². The van der Waals surface area contributed by atoms with Gasteiger partial charge in [-0.15, -0.1) is 11.3 Å². The van der Waals surface area contributed by atoms with Crippen LogP contribution in [0.3, 0.4) is 0 Å². The van der Waals surface area contributed by atoms with Crippen molar-refractivity contribution in [1.82, 2.24) is 9.88 Å². The molecule has 3 heterocycles. The fourth-order valence-electron chi connectivity index (χ4n) is 3.52. The summed E-state index contributed by atoms with van der Waals surface area (Å²) in [7, 11) is 0. The molecule has 0 unspecified atom stereocenters. The maximum atomic E-state index is 13.4. The van der Waals surface area contributed by atoms with E-state index < -0.39 is 0 Å². The normalized spacial score (nSPS) is 15.1. The van der Waals surface area contributed by atoms with Gasteiger partial charge in [0.05, 0.1) is 33.3 Å². The van der Waals surface area contributed by atoms with Crippen LogP contribution in [-0.2, 0) is 4.74 Å². The Kier molecular flexibility index (Phi) is 6.97. The number of carbonyl (C=O) groups is 1. The lowest BCUT2D eigenvalue weighted by molar-refractivity contribution is 0.0376. The lowest BCUT2D eigenvalue weighted by Crippen LogP contribution is -2.39. The predicted molar refractivity (Wildman–Crippen MR) is 127 cm³/mol. The smallest absolute Gasteiger partial charge is 0.262 e. The van der Waals surface area contributed by atoms with Crippen LogP contribution in [0, 0.1) is 13.8 Å². The number of benzene rings is 1. The number of thiazole rings is 1. The quantitative estimate of drug-likeness (QED) is 0.454. The highest BCUT2D eigenvalue weighted by atomic mass is 35.5. The summed E-state index contributed by atoms with van der Waals surface area (Å²) < 4.78 is 7.42. The van der Waals surface area contributed by atoms with Gasteiger partial charge in [0.2, 0.25) is 0 Å². The number of amides is 1. The van der Waals surface area contributed by atoms with E-state index in [2.05, 4.69) is 30.9 Å². The number of hydrogen-bond donors (Lipinski definition) is 0. The first-order valence-electron chi connectivity index (χ1n) is 9.87. The lowest BCUT2D eigenvalue weighted by atomic mass is 10.1. The Morgan fingerprint density at radius 3 is 2.70 bits per heavy atom. The zero-order valence-corrected chi connectivity index (χ0v) is 20.1. The minimum Gasteiger partial charge on any atom is -0.379 e. The van der Waals surface area contributed by atoms with Crippen LogP contribution in [-0.4, -0.2) is 55.2 Å². The van der Waals surface area contributed by atoms with Gasteiger partial charge in [-0.2, -0.15) is 0 Å². The molecule has 0 saturated carbocycles. The average molecular weight is 484 g/mol. The SMILES string of the molecule is Cc1ccc2sc(N(CCCN3CCOCC3)C(=O)c3cc(Cl)sc3Cl)nc2c1C. The topological polar surface area (TPSA) is 45.7 Å². The highest BCUT2D eigenvalue weighted by Crippen LogP contribution is 2.36. The molecular formula is C21H23Cl2N3O2S2. The summed E-state index contributed by atoms with van der Waals surface area (Å²) >= 11 is 15.1. The first-order chi connectivity index (χ1) is 14.4. The summed E-state index contributed by atoms with van der Waals surface area (Å²) in [6.45, 7) is 9.02. The predicted octanol–water partition coefficient (Wildman–Crippen LogP) is 5.65. The van der Waals surface area contributed by atoms with Crippen LogP contribution in [0.2, 0.25) is 8.67 Å². The van der Waals surface area contributed by atoms with Crippen molar-refractivity contribution in [2.24, 2.45) is 0 Å². The van der Waals surface area contributed by atoms with Crippen molar-refractivity contribution in [1.29, 1.82) is 0 Å². The zero-order valence-electron chi connectivity index (χ0n) is 16.9. The van der Waals surface area contributed by atoms with Crippen LogP contribution < -0.4 is 4.90 Å². The second-order valence-electron chi connectivity index (χ2n) is 7.35. The van der Waals surface area contributed by atoms with E-state index in [1.807, 2.05) is 0 Å². The van der Waals surface area contributed by atoms with Crippen molar-refractivity contribution in [3.63, 3.8) is 0 Å². The molecule has 5 nitrogen and oxygen atoms in total. The van der Waals surface area contributed by atoms with Crippen molar-refractivity contribution < 1.29 is 9.53 Å². The number of aromatic nitrogens is 1.